The SMILES string of the molecule is CCC(C)c1nc(-c2cccnc2)cn2c(C(Cc3cccnc3)C(=O)O)nnc12. The zero-order valence-electron chi connectivity index (χ0n) is 16.8. The molecule has 0 radical (unpaired) electrons. The molecule has 8 nitrogen and oxygen atoms in total. The number of carbonyl (C=O) groups is 1. The first-order valence-corrected chi connectivity index (χ1v) is 9.86. The molecule has 0 saturated carbocycles. The highest BCUT2D eigenvalue weighted by atomic mass is 16.4. The molecule has 0 aliphatic rings. The molecule has 0 spiro atoms. The predicted octanol–water partition coefficient (Wildman–Crippen LogP) is 3.51. The second-order valence-electron chi connectivity index (χ2n) is 7.27. The Kier molecular flexibility index (Phi) is 5.47. The Hall–Kier alpha value is -3.68. The van der Waals surface area contributed by atoms with Crippen LogP contribution in [0.25, 0.3) is 16.9 Å². The number of rotatable bonds is 7. The number of fused-ring (bicyclic) bond motifs is 1. The molecular weight excluding hydrogens is 380 g/mol. The highest BCUT2D eigenvalue weighted by Crippen LogP contribution is 2.28. The van der Waals surface area contributed by atoms with Crippen LogP contribution in [0.1, 0.15) is 49.2 Å². The number of nitrogens with zero attached hydrogens (tertiary/aromatic N) is 6. The smallest absolute Gasteiger partial charge is 0.314 e. The van der Waals surface area contributed by atoms with Gasteiger partial charge in [0.05, 0.1) is 11.4 Å². The molecular formula is C22H22N6O2. The molecule has 2 unspecified atom stereocenters. The van der Waals surface area contributed by atoms with Crippen molar-refractivity contribution in [2.75, 3.05) is 0 Å². The van der Waals surface area contributed by atoms with Gasteiger partial charge in [-0.25, -0.2) is 4.98 Å². The van der Waals surface area contributed by atoms with Gasteiger partial charge in [0.25, 0.3) is 0 Å². The van der Waals surface area contributed by atoms with Crippen LogP contribution in [0.2, 0.25) is 0 Å². The van der Waals surface area contributed by atoms with Crippen molar-refractivity contribution in [2.24, 2.45) is 0 Å². The number of hydrogen-bond donors (Lipinski definition) is 1. The van der Waals surface area contributed by atoms with E-state index in [4.69, 9.17) is 4.98 Å². The van der Waals surface area contributed by atoms with Crippen molar-refractivity contribution in [3.63, 3.8) is 0 Å². The number of carboxylic acid groups (broad SMARTS) is 1. The van der Waals surface area contributed by atoms with Gasteiger partial charge in [-0.05, 0) is 36.6 Å². The summed E-state index contributed by atoms with van der Waals surface area (Å²) in [6.45, 7) is 4.16. The zero-order chi connectivity index (χ0) is 21.1. The first-order valence-electron chi connectivity index (χ1n) is 9.86. The van der Waals surface area contributed by atoms with Gasteiger partial charge >= 0.3 is 5.97 Å². The highest BCUT2D eigenvalue weighted by Gasteiger charge is 2.28. The van der Waals surface area contributed by atoms with Crippen molar-refractivity contribution >= 4 is 11.6 Å². The largest absolute Gasteiger partial charge is 0.481 e. The van der Waals surface area contributed by atoms with Crippen LogP contribution >= 0.6 is 0 Å². The molecule has 0 aromatic carbocycles. The van der Waals surface area contributed by atoms with Crippen molar-refractivity contribution < 1.29 is 9.90 Å². The van der Waals surface area contributed by atoms with E-state index < -0.39 is 11.9 Å². The predicted molar refractivity (Wildman–Crippen MR) is 111 cm³/mol. The van der Waals surface area contributed by atoms with Crippen LogP contribution in [0.5, 0.6) is 0 Å². The summed E-state index contributed by atoms with van der Waals surface area (Å²) in [6.07, 6.45) is 9.72. The standard InChI is InChI=1S/C22H22N6O2/c1-3-14(2)19-21-27-26-20(17(22(29)30)10-15-6-4-8-23-11-15)28(21)13-18(25-19)16-7-5-9-24-12-16/h4-9,11-14,17H,3,10H2,1-2H3,(H,29,30). The van der Waals surface area contributed by atoms with E-state index in [1.807, 2.05) is 18.2 Å². The summed E-state index contributed by atoms with van der Waals surface area (Å²) in [5, 5.41) is 18.6. The average molecular weight is 402 g/mol. The lowest BCUT2D eigenvalue weighted by Gasteiger charge is -2.14. The van der Waals surface area contributed by atoms with Crippen LogP contribution in [0.15, 0.2) is 55.2 Å². The Bertz CT molecular complexity index is 1160. The van der Waals surface area contributed by atoms with Gasteiger partial charge < -0.3 is 5.11 Å². The fourth-order valence-electron chi connectivity index (χ4n) is 3.39. The van der Waals surface area contributed by atoms with Crippen LogP contribution in [-0.4, -0.2) is 40.6 Å². The molecule has 0 aliphatic heterocycles. The van der Waals surface area contributed by atoms with E-state index >= 15 is 0 Å². The van der Waals surface area contributed by atoms with E-state index in [9.17, 15) is 9.90 Å². The van der Waals surface area contributed by atoms with E-state index in [2.05, 4.69) is 34.0 Å². The first-order chi connectivity index (χ1) is 14.6. The molecule has 4 rings (SSSR count). The van der Waals surface area contributed by atoms with E-state index in [0.29, 0.717) is 17.2 Å². The van der Waals surface area contributed by atoms with Crippen molar-refractivity contribution in [2.45, 2.75) is 38.5 Å². The van der Waals surface area contributed by atoms with Gasteiger partial charge in [0, 0.05) is 42.5 Å². The fourth-order valence-corrected chi connectivity index (χ4v) is 3.39. The quantitative estimate of drug-likeness (QED) is 0.504. The first kappa shape index (κ1) is 19.6. The fraction of sp³-hybridized carbons (Fsp3) is 0.273. The Morgan fingerprint density at radius 2 is 1.90 bits per heavy atom. The molecule has 0 fully saturated rings. The molecule has 0 amide bonds. The molecule has 4 heterocycles. The van der Waals surface area contributed by atoms with Crippen LogP contribution < -0.4 is 0 Å². The van der Waals surface area contributed by atoms with Gasteiger partial charge in [-0.3, -0.25) is 19.2 Å². The summed E-state index contributed by atoms with van der Waals surface area (Å²) < 4.78 is 1.77. The maximum atomic E-state index is 12.1. The zero-order valence-corrected chi connectivity index (χ0v) is 16.8. The number of pyridine rings is 2. The molecule has 2 atom stereocenters. The summed E-state index contributed by atoms with van der Waals surface area (Å²) in [5.74, 6) is -1.31. The van der Waals surface area contributed by atoms with Gasteiger partial charge in [0.15, 0.2) is 11.5 Å². The summed E-state index contributed by atoms with van der Waals surface area (Å²) in [7, 11) is 0. The second-order valence-corrected chi connectivity index (χ2v) is 7.27. The molecule has 0 bridgehead atoms. The molecule has 0 saturated heterocycles. The van der Waals surface area contributed by atoms with Crippen molar-refractivity contribution in [3.05, 3.63) is 72.3 Å². The maximum absolute atomic E-state index is 12.1. The van der Waals surface area contributed by atoms with Gasteiger partial charge in [-0.1, -0.05) is 19.9 Å². The van der Waals surface area contributed by atoms with Crippen molar-refractivity contribution in [1.29, 1.82) is 0 Å². The van der Waals surface area contributed by atoms with Crippen molar-refractivity contribution in [3.8, 4) is 11.3 Å². The second kappa shape index (κ2) is 8.36. The van der Waals surface area contributed by atoms with Gasteiger partial charge in [0.2, 0.25) is 0 Å². The van der Waals surface area contributed by atoms with Crippen LogP contribution in [0, 0.1) is 0 Å². The molecule has 1 N–H and O–H groups in total. The molecule has 8 heteroatoms. The average Bonchev–Trinajstić information content (AvgIpc) is 3.21. The van der Waals surface area contributed by atoms with E-state index in [-0.39, 0.29) is 12.3 Å². The highest BCUT2D eigenvalue weighted by molar-refractivity contribution is 5.76. The summed E-state index contributed by atoms with van der Waals surface area (Å²) in [6, 6.07) is 7.43. The van der Waals surface area contributed by atoms with Gasteiger partial charge in [0.1, 0.15) is 5.92 Å². The normalized spacial score (nSPS) is 13.3. The third-order valence-electron chi connectivity index (χ3n) is 5.25. The minimum atomic E-state index is -0.960. The Labute approximate surface area is 173 Å². The number of carboxylic acids is 1. The van der Waals surface area contributed by atoms with Crippen LogP contribution in [0.4, 0.5) is 0 Å². The summed E-state index contributed by atoms with van der Waals surface area (Å²) in [5.41, 5.74) is 3.76. The minimum absolute atomic E-state index is 0.141. The van der Waals surface area contributed by atoms with Crippen molar-refractivity contribution in [1.82, 2.24) is 29.5 Å². The van der Waals surface area contributed by atoms with E-state index in [1.165, 1.54) is 0 Å². The molecule has 4 aromatic heterocycles. The van der Waals surface area contributed by atoms with Crippen LogP contribution in [0.3, 0.4) is 0 Å². The summed E-state index contributed by atoms with van der Waals surface area (Å²) >= 11 is 0. The number of aromatic nitrogens is 6. The monoisotopic (exact) mass is 402 g/mol. The third-order valence-corrected chi connectivity index (χ3v) is 5.25. The Morgan fingerprint density at radius 1 is 1.13 bits per heavy atom. The lowest BCUT2D eigenvalue weighted by molar-refractivity contribution is -0.139. The Morgan fingerprint density at radius 3 is 2.53 bits per heavy atom. The molecule has 30 heavy (non-hydrogen) atoms. The third kappa shape index (κ3) is 3.76. The Balaban J connectivity index is 1.88. The van der Waals surface area contributed by atoms with Gasteiger partial charge in [-0.2, -0.15) is 0 Å². The molecule has 152 valence electrons. The lowest BCUT2D eigenvalue weighted by atomic mass is 9.99. The maximum Gasteiger partial charge on any atom is 0.314 e. The topological polar surface area (TPSA) is 106 Å². The lowest BCUT2D eigenvalue weighted by Crippen LogP contribution is -2.18. The number of hydrogen-bond acceptors (Lipinski definition) is 6. The van der Waals surface area contributed by atoms with Crippen LogP contribution in [-0.2, 0) is 11.2 Å². The number of aliphatic carboxylic acids is 1. The van der Waals surface area contributed by atoms with Gasteiger partial charge in [-0.15, -0.1) is 10.2 Å². The summed E-state index contributed by atoms with van der Waals surface area (Å²) in [4.78, 5) is 25.2. The van der Waals surface area contributed by atoms with E-state index in [0.717, 1.165) is 23.2 Å². The molecule has 4 aromatic rings. The minimum Gasteiger partial charge on any atom is -0.481 e. The van der Waals surface area contributed by atoms with E-state index in [1.54, 1.807) is 41.5 Å². The molecule has 0 aliphatic carbocycles.